The molecule has 0 aliphatic heterocycles. The molecule has 17 heavy (non-hydrogen) atoms. The molecule has 1 atom stereocenters. The number of hydrogen-bond donors (Lipinski definition) is 2. The Morgan fingerprint density at radius 1 is 1.47 bits per heavy atom. The van der Waals surface area contributed by atoms with Crippen molar-refractivity contribution in [1.82, 2.24) is 15.0 Å². The van der Waals surface area contributed by atoms with E-state index >= 15 is 0 Å². The van der Waals surface area contributed by atoms with Crippen LogP contribution in [0.25, 0.3) is 0 Å². The maximum absolute atomic E-state index is 6.01. The molecule has 1 unspecified atom stereocenters. The highest BCUT2D eigenvalue weighted by atomic mass is 35.5. The third-order valence-corrected chi connectivity index (χ3v) is 3.22. The highest BCUT2D eigenvalue weighted by Gasteiger charge is 2.16. The number of aryl methyl sites for hydroxylation is 2. The van der Waals surface area contributed by atoms with E-state index in [2.05, 4.69) is 10.4 Å². The van der Waals surface area contributed by atoms with Gasteiger partial charge >= 0.3 is 0 Å². The lowest BCUT2D eigenvalue weighted by Crippen LogP contribution is -2.30. The molecule has 1 aromatic heterocycles. The van der Waals surface area contributed by atoms with Crippen LogP contribution in [0.2, 0.25) is 5.02 Å². The van der Waals surface area contributed by atoms with Gasteiger partial charge in [-0.2, -0.15) is 0 Å². The molecule has 4 nitrogen and oxygen atoms in total. The van der Waals surface area contributed by atoms with Gasteiger partial charge in [-0.05, 0) is 24.1 Å². The number of hydrogen-bond acceptors (Lipinski definition) is 3. The molecule has 3 N–H and O–H groups in total. The Labute approximate surface area is 105 Å². The van der Waals surface area contributed by atoms with Crippen LogP contribution in [0.5, 0.6) is 0 Å². The molecular weight excluding hydrogens is 236 g/mol. The molecule has 0 spiro atoms. The monoisotopic (exact) mass is 250 g/mol. The molecule has 2 rings (SSSR count). The van der Waals surface area contributed by atoms with Crippen LogP contribution in [0.1, 0.15) is 23.0 Å². The molecule has 0 aliphatic rings. The first-order chi connectivity index (χ1) is 8.13. The summed E-state index contributed by atoms with van der Waals surface area (Å²) < 4.78 is 1.94. The standard InChI is InChI=1S/C12H15ClN4/c1-8-7-9(3-4-10(8)13)11(16-14)12-15-5-6-17(12)2/h3-7,11,16H,14H2,1-2H3. The average Bonchev–Trinajstić information content (AvgIpc) is 2.71. The van der Waals surface area contributed by atoms with Crippen molar-refractivity contribution in [2.45, 2.75) is 13.0 Å². The van der Waals surface area contributed by atoms with E-state index < -0.39 is 0 Å². The van der Waals surface area contributed by atoms with E-state index in [0.29, 0.717) is 0 Å². The van der Waals surface area contributed by atoms with E-state index in [4.69, 9.17) is 17.4 Å². The largest absolute Gasteiger partial charge is 0.336 e. The number of aromatic nitrogens is 2. The Hall–Kier alpha value is -1.36. The molecule has 1 heterocycles. The van der Waals surface area contributed by atoms with Crippen molar-refractivity contribution in [3.63, 3.8) is 0 Å². The van der Waals surface area contributed by atoms with E-state index in [1.54, 1.807) is 6.20 Å². The first-order valence-corrected chi connectivity index (χ1v) is 5.70. The molecular formula is C12H15ClN4. The Balaban J connectivity index is 2.42. The number of rotatable bonds is 3. The van der Waals surface area contributed by atoms with Crippen LogP contribution >= 0.6 is 11.6 Å². The van der Waals surface area contributed by atoms with Gasteiger partial charge in [0.05, 0.1) is 0 Å². The second-order valence-corrected chi connectivity index (χ2v) is 4.41. The predicted octanol–water partition coefficient (Wildman–Crippen LogP) is 1.93. The zero-order valence-electron chi connectivity index (χ0n) is 9.81. The normalized spacial score (nSPS) is 12.7. The van der Waals surface area contributed by atoms with Crippen molar-refractivity contribution in [1.29, 1.82) is 0 Å². The zero-order chi connectivity index (χ0) is 12.4. The maximum atomic E-state index is 6.01. The lowest BCUT2D eigenvalue weighted by Gasteiger charge is -2.17. The molecule has 1 aromatic carbocycles. The first-order valence-electron chi connectivity index (χ1n) is 5.33. The molecule has 90 valence electrons. The molecule has 0 saturated heterocycles. The zero-order valence-corrected chi connectivity index (χ0v) is 10.6. The number of benzene rings is 1. The highest BCUT2D eigenvalue weighted by molar-refractivity contribution is 6.31. The van der Waals surface area contributed by atoms with Gasteiger partial charge in [0.25, 0.3) is 0 Å². The SMILES string of the molecule is Cc1cc(C(NN)c2nccn2C)ccc1Cl. The minimum Gasteiger partial charge on any atom is -0.336 e. The van der Waals surface area contributed by atoms with E-state index in [1.165, 1.54) is 0 Å². The van der Waals surface area contributed by atoms with Crippen molar-refractivity contribution in [2.24, 2.45) is 12.9 Å². The molecule has 0 amide bonds. The van der Waals surface area contributed by atoms with Gasteiger partial charge < -0.3 is 4.57 Å². The Kier molecular flexibility index (Phi) is 3.47. The second kappa shape index (κ2) is 4.87. The third-order valence-electron chi connectivity index (χ3n) is 2.80. The van der Waals surface area contributed by atoms with Crippen LogP contribution in [-0.2, 0) is 7.05 Å². The maximum Gasteiger partial charge on any atom is 0.131 e. The molecule has 0 aliphatic carbocycles. The van der Waals surface area contributed by atoms with Crippen molar-refractivity contribution in [2.75, 3.05) is 0 Å². The Morgan fingerprint density at radius 2 is 2.24 bits per heavy atom. The molecule has 5 heteroatoms. The summed E-state index contributed by atoms with van der Waals surface area (Å²) >= 11 is 6.01. The predicted molar refractivity (Wildman–Crippen MR) is 68.6 cm³/mol. The number of nitrogens with one attached hydrogen (secondary N) is 1. The smallest absolute Gasteiger partial charge is 0.131 e. The first kappa shape index (κ1) is 12.1. The van der Waals surface area contributed by atoms with Gasteiger partial charge in [0.1, 0.15) is 11.9 Å². The number of nitrogens with zero attached hydrogens (tertiary/aromatic N) is 2. The molecule has 0 radical (unpaired) electrons. The Morgan fingerprint density at radius 3 is 2.76 bits per heavy atom. The van der Waals surface area contributed by atoms with Gasteiger partial charge in [0.2, 0.25) is 0 Å². The van der Waals surface area contributed by atoms with Crippen LogP contribution in [0.15, 0.2) is 30.6 Å². The number of hydrazine groups is 1. The quantitative estimate of drug-likeness (QED) is 0.647. The summed E-state index contributed by atoms with van der Waals surface area (Å²) in [5, 5.41) is 0.754. The summed E-state index contributed by atoms with van der Waals surface area (Å²) in [5.74, 6) is 6.49. The van der Waals surface area contributed by atoms with Crippen molar-refractivity contribution < 1.29 is 0 Å². The van der Waals surface area contributed by atoms with Gasteiger partial charge in [-0.1, -0.05) is 23.7 Å². The topological polar surface area (TPSA) is 55.9 Å². The molecule has 0 fully saturated rings. The van der Waals surface area contributed by atoms with Gasteiger partial charge in [0.15, 0.2) is 0 Å². The van der Waals surface area contributed by atoms with Gasteiger partial charge in [0, 0.05) is 24.5 Å². The fraction of sp³-hybridized carbons (Fsp3) is 0.250. The van der Waals surface area contributed by atoms with Crippen LogP contribution in [0, 0.1) is 6.92 Å². The second-order valence-electron chi connectivity index (χ2n) is 4.00. The van der Waals surface area contributed by atoms with E-state index in [9.17, 15) is 0 Å². The van der Waals surface area contributed by atoms with E-state index in [-0.39, 0.29) is 6.04 Å². The lowest BCUT2D eigenvalue weighted by molar-refractivity contribution is 0.580. The van der Waals surface area contributed by atoms with Crippen molar-refractivity contribution >= 4 is 11.6 Å². The van der Waals surface area contributed by atoms with Crippen LogP contribution in [-0.4, -0.2) is 9.55 Å². The summed E-state index contributed by atoms with van der Waals surface area (Å²) in [6.07, 6.45) is 3.64. The van der Waals surface area contributed by atoms with E-state index in [1.807, 2.05) is 42.9 Å². The van der Waals surface area contributed by atoms with Crippen molar-refractivity contribution in [3.05, 3.63) is 52.6 Å². The fourth-order valence-electron chi connectivity index (χ4n) is 1.82. The van der Waals surface area contributed by atoms with Gasteiger partial charge in [-0.3, -0.25) is 5.84 Å². The molecule has 0 saturated carbocycles. The van der Waals surface area contributed by atoms with Gasteiger partial charge in [-0.25, -0.2) is 10.4 Å². The molecule has 2 aromatic rings. The summed E-state index contributed by atoms with van der Waals surface area (Å²) in [6.45, 7) is 1.97. The highest BCUT2D eigenvalue weighted by Crippen LogP contribution is 2.24. The minimum atomic E-state index is -0.133. The van der Waals surface area contributed by atoms with Crippen LogP contribution in [0.3, 0.4) is 0 Å². The summed E-state index contributed by atoms with van der Waals surface area (Å²) in [5.41, 5.74) is 4.85. The number of nitrogens with two attached hydrogens (primary N) is 1. The fourth-order valence-corrected chi connectivity index (χ4v) is 1.94. The minimum absolute atomic E-state index is 0.133. The van der Waals surface area contributed by atoms with Crippen molar-refractivity contribution in [3.8, 4) is 0 Å². The number of halogens is 1. The summed E-state index contributed by atoms with van der Waals surface area (Å²) in [4.78, 5) is 4.30. The molecule has 0 bridgehead atoms. The third kappa shape index (κ3) is 2.34. The number of imidazole rings is 1. The average molecular weight is 251 g/mol. The summed E-state index contributed by atoms with van der Waals surface area (Å²) in [6, 6.07) is 5.71. The van der Waals surface area contributed by atoms with Crippen LogP contribution < -0.4 is 11.3 Å². The Bertz CT molecular complexity index is 521. The van der Waals surface area contributed by atoms with E-state index in [0.717, 1.165) is 22.0 Å². The van der Waals surface area contributed by atoms with Gasteiger partial charge in [-0.15, -0.1) is 0 Å². The summed E-state index contributed by atoms with van der Waals surface area (Å²) in [7, 11) is 1.94. The van der Waals surface area contributed by atoms with Crippen LogP contribution in [0.4, 0.5) is 0 Å². The lowest BCUT2D eigenvalue weighted by atomic mass is 10.0.